The minimum absolute atomic E-state index is 0.0425. The predicted molar refractivity (Wildman–Crippen MR) is 94.8 cm³/mol. The maximum atomic E-state index is 12.6. The molecule has 0 aromatic heterocycles. The van der Waals surface area contributed by atoms with Crippen LogP contribution < -0.4 is 0 Å². The Kier molecular flexibility index (Phi) is 5.37. The quantitative estimate of drug-likeness (QED) is 0.744. The fourth-order valence-corrected chi connectivity index (χ4v) is 3.51. The van der Waals surface area contributed by atoms with Gasteiger partial charge in [0.15, 0.2) is 0 Å². The third-order valence-electron chi connectivity index (χ3n) is 3.82. The molecule has 4 nitrogen and oxygen atoms in total. The molecule has 2 aliphatic heterocycles. The molecule has 0 aromatic carbocycles. The van der Waals surface area contributed by atoms with Gasteiger partial charge in [0.05, 0.1) is 16.3 Å². The molecule has 0 N–H and O–H groups in total. The van der Waals surface area contributed by atoms with Crippen molar-refractivity contribution in [3.63, 3.8) is 0 Å². The molecule has 5 heteroatoms. The Morgan fingerprint density at radius 1 is 1.32 bits per heavy atom. The van der Waals surface area contributed by atoms with Crippen molar-refractivity contribution in [3.05, 3.63) is 22.8 Å². The van der Waals surface area contributed by atoms with Crippen molar-refractivity contribution in [2.45, 2.75) is 40.5 Å². The second-order valence-corrected chi connectivity index (χ2v) is 7.95. The maximum absolute atomic E-state index is 12.6. The molecule has 22 heavy (non-hydrogen) atoms. The Labute approximate surface area is 138 Å². The minimum Gasteiger partial charge on any atom is -0.369 e. The van der Waals surface area contributed by atoms with Crippen LogP contribution in [0.25, 0.3) is 0 Å². The van der Waals surface area contributed by atoms with Gasteiger partial charge in [0.25, 0.3) is 5.91 Å². The summed E-state index contributed by atoms with van der Waals surface area (Å²) in [5.74, 6) is 1.16. The summed E-state index contributed by atoms with van der Waals surface area (Å²) in [4.78, 5) is 14.9. The van der Waals surface area contributed by atoms with Crippen LogP contribution in [0.5, 0.6) is 0 Å². The highest BCUT2D eigenvalue weighted by Gasteiger charge is 2.35. The van der Waals surface area contributed by atoms with Crippen LogP contribution >= 0.6 is 11.8 Å². The van der Waals surface area contributed by atoms with Crippen LogP contribution in [0.2, 0.25) is 0 Å². The number of hydrogen-bond acceptors (Lipinski definition) is 4. The molecular weight excluding hydrogens is 294 g/mol. The molecule has 2 aliphatic rings. The highest BCUT2D eigenvalue weighted by Crippen LogP contribution is 2.30. The molecule has 0 aromatic rings. The zero-order valence-corrected chi connectivity index (χ0v) is 15.2. The van der Waals surface area contributed by atoms with Crippen molar-refractivity contribution in [2.24, 2.45) is 10.5 Å². The Hall–Kier alpha value is -1.23. The van der Waals surface area contributed by atoms with E-state index in [1.807, 2.05) is 17.8 Å². The highest BCUT2D eigenvalue weighted by atomic mass is 32.2. The summed E-state index contributed by atoms with van der Waals surface area (Å²) in [7, 11) is 2.09. The number of nitrogens with zero attached hydrogens (tertiary/aromatic N) is 3. The molecule has 1 amide bonds. The van der Waals surface area contributed by atoms with Gasteiger partial charge in [-0.2, -0.15) is 5.10 Å². The van der Waals surface area contributed by atoms with Crippen LogP contribution in [-0.2, 0) is 4.79 Å². The van der Waals surface area contributed by atoms with Gasteiger partial charge < -0.3 is 4.90 Å². The Bertz CT molecular complexity index is 529. The van der Waals surface area contributed by atoms with Gasteiger partial charge in [-0.05, 0) is 18.6 Å². The van der Waals surface area contributed by atoms with Gasteiger partial charge in [0.2, 0.25) is 0 Å². The maximum Gasteiger partial charge on any atom is 0.275 e. The monoisotopic (exact) mass is 321 g/mol. The first-order valence-corrected chi connectivity index (χ1v) is 9.00. The lowest BCUT2D eigenvalue weighted by atomic mass is 9.85. The molecule has 1 fully saturated rings. The van der Waals surface area contributed by atoms with Gasteiger partial charge in [0.1, 0.15) is 0 Å². The summed E-state index contributed by atoms with van der Waals surface area (Å²) in [5, 5.41) is 7.47. The second-order valence-electron chi connectivity index (χ2n) is 6.84. The average Bonchev–Trinajstić information content (AvgIpc) is 2.98. The van der Waals surface area contributed by atoms with Crippen LogP contribution in [0.15, 0.2) is 27.9 Å². The number of rotatable bonds is 4. The van der Waals surface area contributed by atoms with Gasteiger partial charge >= 0.3 is 0 Å². The Morgan fingerprint density at radius 2 is 2.05 bits per heavy atom. The first kappa shape index (κ1) is 17.1. The first-order chi connectivity index (χ1) is 10.3. The van der Waals surface area contributed by atoms with E-state index in [1.165, 1.54) is 5.03 Å². The van der Waals surface area contributed by atoms with Gasteiger partial charge in [-0.1, -0.05) is 34.1 Å². The normalized spacial score (nSPS) is 23.1. The molecule has 0 radical (unpaired) electrons. The first-order valence-electron chi connectivity index (χ1n) is 8.02. The van der Waals surface area contributed by atoms with E-state index < -0.39 is 0 Å². The SMILES string of the molecule is CCCCN1N=C(C(C)(C)C)/C(=C\C=C2\SCCN2C)C1=O. The van der Waals surface area contributed by atoms with Gasteiger partial charge in [0, 0.05) is 31.3 Å². The van der Waals surface area contributed by atoms with Gasteiger partial charge in [-0.25, -0.2) is 5.01 Å². The van der Waals surface area contributed by atoms with Gasteiger partial charge in [-0.3, -0.25) is 4.79 Å². The predicted octanol–water partition coefficient (Wildman–Crippen LogP) is 3.48. The Morgan fingerprint density at radius 3 is 2.59 bits per heavy atom. The van der Waals surface area contributed by atoms with Crippen molar-refractivity contribution < 1.29 is 4.79 Å². The van der Waals surface area contributed by atoms with E-state index in [4.69, 9.17) is 0 Å². The van der Waals surface area contributed by atoms with Crippen LogP contribution in [-0.4, -0.2) is 47.4 Å². The molecule has 0 atom stereocenters. The summed E-state index contributed by atoms with van der Waals surface area (Å²) in [6.45, 7) is 10.2. The summed E-state index contributed by atoms with van der Waals surface area (Å²) >= 11 is 1.84. The summed E-state index contributed by atoms with van der Waals surface area (Å²) in [5.41, 5.74) is 1.52. The van der Waals surface area contributed by atoms with E-state index in [9.17, 15) is 4.79 Å². The topological polar surface area (TPSA) is 35.9 Å². The fourth-order valence-electron chi connectivity index (χ4n) is 2.46. The molecule has 0 unspecified atom stereocenters. The fraction of sp³-hybridized carbons (Fsp3) is 0.647. The summed E-state index contributed by atoms with van der Waals surface area (Å²) < 4.78 is 0. The molecule has 0 aliphatic carbocycles. The third-order valence-corrected chi connectivity index (χ3v) is 4.95. The van der Waals surface area contributed by atoms with Crippen molar-refractivity contribution in [3.8, 4) is 0 Å². The lowest BCUT2D eigenvalue weighted by Gasteiger charge is -2.17. The number of carbonyl (C=O) groups is 1. The number of hydrazone groups is 1. The van der Waals surface area contributed by atoms with Crippen molar-refractivity contribution in [1.82, 2.24) is 9.91 Å². The number of carbonyl (C=O) groups excluding carboxylic acids is 1. The minimum atomic E-state index is -0.129. The molecule has 0 spiro atoms. The molecular formula is C17H27N3OS. The molecule has 2 heterocycles. The van der Waals surface area contributed by atoms with Crippen LogP contribution in [0, 0.1) is 5.41 Å². The lowest BCUT2D eigenvalue weighted by molar-refractivity contribution is -0.125. The van der Waals surface area contributed by atoms with Crippen molar-refractivity contribution in [1.29, 1.82) is 0 Å². The van der Waals surface area contributed by atoms with Crippen molar-refractivity contribution >= 4 is 23.4 Å². The van der Waals surface area contributed by atoms with Gasteiger partial charge in [-0.15, -0.1) is 11.8 Å². The van der Waals surface area contributed by atoms with E-state index >= 15 is 0 Å². The molecule has 122 valence electrons. The zero-order valence-electron chi connectivity index (χ0n) is 14.3. The largest absolute Gasteiger partial charge is 0.369 e. The lowest BCUT2D eigenvalue weighted by Crippen LogP contribution is -2.24. The number of hydrogen-bond donors (Lipinski definition) is 0. The second kappa shape index (κ2) is 6.90. The van der Waals surface area contributed by atoms with E-state index in [0.717, 1.165) is 36.4 Å². The van der Waals surface area contributed by atoms with Crippen molar-refractivity contribution in [2.75, 3.05) is 25.9 Å². The third kappa shape index (κ3) is 3.75. The zero-order chi connectivity index (χ0) is 16.3. The smallest absolute Gasteiger partial charge is 0.275 e. The number of unbranched alkanes of at least 4 members (excludes halogenated alkanes) is 1. The highest BCUT2D eigenvalue weighted by molar-refractivity contribution is 8.03. The molecule has 0 bridgehead atoms. The molecule has 2 rings (SSSR count). The summed E-state index contributed by atoms with van der Waals surface area (Å²) in [6, 6.07) is 0. The number of amides is 1. The van der Waals surface area contributed by atoms with Crippen LogP contribution in [0.1, 0.15) is 40.5 Å². The van der Waals surface area contributed by atoms with Crippen LogP contribution in [0.4, 0.5) is 0 Å². The number of thioether (sulfide) groups is 1. The number of allylic oxidation sites excluding steroid dienone is 2. The van der Waals surface area contributed by atoms with Crippen LogP contribution in [0.3, 0.4) is 0 Å². The summed E-state index contributed by atoms with van der Waals surface area (Å²) in [6.07, 6.45) is 6.08. The van der Waals surface area contributed by atoms with E-state index in [0.29, 0.717) is 6.54 Å². The molecule has 1 saturated heterocycles. The molecule has 0 saturated carbocycles. The standard InChI is InChI=1S/C17H27N3OS/c1-6-7-10-20-16(21)13(15(18-20)17(2,3)4)8-9-14-19(5)11-12-22-14/h8-9H,6-7,10-12H2,1-5H3/b13-8+,14-9+. The van der Waals surface area contributed by atoms with E-state index in [-0.39, 0.29) is 11.3 Å². The van der Waals surface area contributed by atoms with E-state index in [2.05, 4.69) is 50.8 Å². The van der Waals surface area contributed by atoms with E-state index in [1.54, 1.807) is 5.01 Å². The Balaban J connectivity index is 2.27. The average molecular weight is 321 g/mol.